The molecule has 60 valence electrons. The van der Waals surface area contributed by atoms with Gasteiger partial charge in [-0.2, -0.15) is 0 Å². The van der Waals surface area contributed by atoms with Crippen LogP contribution in [0.4, 0.5) is 0 Å². The third kappa shape index (κ3) is 1.88. The van der Waals surface area contributed by atoms with Gasteiger partial charge in [0.2, 0.25) is 0 Å². The average molecular weight is 166 g/mol. The number of hydrogen-bond acceptors (Lipinski definition) is 3. The van der Waals surface area contributed by atoms with Crippen molar-refractivity contribution in [3.05, 3.63) is 0 Å². The van der Waals surface area contributed by atoms with Crippen LogP contribution in [0.5, 0.6) is 0 Å². The Morgan fingerprint density at radius 2 is 2.10 bits per heavy atom. The van der Waals surface area contributed by atoms with Gasteiger partial charge < -0.3 is 15.3 Å². The van der Waals surface area contributed by atoms with E-state index in [1.54, 1.807) is 0 Å². The van der Waals surface area contributed by atoms with E-state index in [2.05, 4.69) is 0 Å². The van der Waals surface area contributed by atoms with Crippen molar-refractivity contribution in [2.75, 3.05) is 0 Å². The summed E-state index contributed by atoms with van der Waals surface area (Å²) in [6, 6.07) is 0. The highest BCUT2D eigenvalue weighted by molar-refractivity contribution is 7.66. The van der Waals surface area contributed by atoms with Crippen LogP contribution in [0.15, 0.2) is 0 Å². The molecule has 0 saturated heterocycles. The second-order valence-electron chi connectivity index (χ2n) is 2.21. The minimum atomic E-state index is -1.81. The molecular weight excluding hydrogens is 156 g/mol. The second-order valence-corrected chi connectivity index (χ2v) is 2.77. The van der Waals surface area contributed by atoms with Crippen molar-refractivity contribution in [1.82, 2.24) is 0 Å². The Bertz CT molecular complexity index is 168. The van der Waals surface area contributed by atoms with Gasteiger partial charge in [-0.05, 0) is 13.8 Å². The van der Waals surface area contributed by atoms with Crippen LogP contribution >= 0.6 is 0 Å². The summed E-state index contributed by atoms with van der Waals surface area (Å²) >= 11 is -0.228. The van der Waals surface area contributed by atoms with Crippen molar-refractivity contribution in [3.8, 4) is 0 Å². The fraction of sp³-hybridized carbons (Fsp3) is 0.800. The maximum absolute atomic E-state index is 9.94. The highest BCUT2D eigenvalue weighted by atomic mass is 32.1. The molecule has 0 aliphatic carbocycles. The lowest BCUT2D eigenvalue weighted by atomic mass is 10.0. The van der Waals surface area contributed by atoms with E-state index in [1.807, 2.05) is 0 Å². The van der Waals surface area contributed by atoms with Crippen LogP contribution in [0.1, 0.15) is 13.8 Å². The summed E-state index contributed by atoms with van der Waals surface area (Å²) in [6.07, 6.45) is -1.16. The molecule has 0 saturated carbocycles. The summed E-state index contributed by atoms with van der Waals surface area (Å²) in [7, 11) is 0. The number of rotatable bonds is 2. The third-order valence-electron chi connectivity index (χ3n) is 1.33. The monoisotopic (exact) mass is 166 g/mol. The Balaban J connectivity index is 4.56. The van der Waals surface area contributed by atoms with E-state index in [1.165, 1.54) is 6.92 Å². The molecule has 0 aromatic carbocycles. The van der Waals surface area contributed by atoms with E-state index in [0.29, 0.717) is 0 Å². The summed E-state index contributed by atoms with van der Waals surface area (Å²) in [5.74, 6) is 0. The van der Waals surface area contributed by atoms with Gasteiger partial charge in [0, 0.05) is 0 Å². The normalized spacial score (nSPS) is 19.3. The smallest absolute Gasteiger partial charge is 0.177 e. The Morgan fingerprint density at radius 1 is 1.70 bits per heavy atom. The van der Waals surface area contributed by atoms with Crippen molar-refractivity contribution in [2.24, 2.45) is 0 Å². The molecule has 0 rings (SSSR count). The van der Waals surface area contributed by atoms with Gasteiger partial charge in [0.15, 0.2) is 5.05 Å². The maximum Gasteiger partial charge on any atom is 0.177 e. The van der Waals surface area contributed by atoms with Crippen molar-refractivity contribution in [2.45, 2.75) is 25.6 Å². The predicted octanol–water partition coefficient (Wildman–Crippen LogP) is -0.981. The minimum Gasteiger partial charge on any atom is -0.390 e. The SMILES string of the molecule is CC(O)C(C)(O)C(O)=S=O. The summed E-state index contributed by atoms with van der Waals surface area (Å²) in [5, 5.41) is 25.9. The first-order valence-electron chi connectivity index (χ1n) is 2.69. The van der Waals surface area contributed by atoms with Gasteiger partial charge in [-0.15, -0.1) is 0 Å². The highest BCUT2D eigenvalue weighted by Gasteiger charge is 2.31. The first-order valence-corrected chi connectivity index (χ1v) is 3.43. The van der Waals surface area contributed by atoms with Crippen LogP contribution in [0.25, 0.3) is 0 Å². The Hall–Kier alpha value is -0.230. The molecule has 0 amide bonds. The van der Waals surface area contributed by atoms with Crippen LogP contribution in [0.3, 0.4) is 0 Å². The summed E-state index contributed by atoms with van der Waals surface area (Å²) in [6.45, 7) is 2.45. The molecule has 0 aromatic heterocycles. The fourth-order valence-corrected chi connectivity index (χ4v) is 0.602. The van der Waals surface area contributed by atoms with E-state index >= 15 is 0 Å². The molecule has 0 fully saturated rings. The lowest BCUT2D eigenvalue weighted by Crippen LogP contribution is -2.45. The standard InChI is InChI=1S/C5H10O4S/c1-3(6)5(2,8)4(7)10-9/h3,6-8H,1-2H3. The van der Waals surface area contributed by atoms with Crippen LogP contribution in [0, 0.1) is 0 Å². The maximum atomic E-state index is 9.94. The van der Waals surface area contributed by atoms with Crippen LogP contribution < -0.4 is 0 Å². The van der Waals surface area contributed by atoms with Gasteiger partial charge in [0.1, 0.15) is 16.9 Å². The van der Waals surface area contributed by atoms with E-state index in [-0.39, 0.29) is 11.3 Å². The van der Waals surface area contributed by atoms with Crippen molar-refractivity contribution >= 4 is 16.3 Å². The van der Waals surface area contributed by atoms with Gasteiger partial charge in [0.25, 0.3) is 0 Å². The molecule has 0 aliphatic heterocycles. The molecule has 3 N–H and O–H groups in total. The molecule has 10 heavy (non-hydrogen) atoms. The van der Waals surface area contributed by atoms with E-state index < -0.39 is 16.8 Å². The quantitative estimate of drug-likeness (QED) is 0.461. The van der Waals surface area contributed by atoms with Crippen LogP contribution in [-0.2, 0) is 11.3 Å². The third-order valence-corrected chi connectivity index (χ3v) is 1.90. The number of aliphatic hydroxyl groups is 3. The number of hydrogen-bond donors (Lipinski definition) is 3. The topological polar surface area (TPSA) is 77.8 Å². The van der Waals surface area contributed by atoms with Crippen molar-refractivity contribution < 1.29 is 19.5 Å². The van der Waals surface area contributed by atoms with Gasteiger partial charge in [-0.1, -0.05) is 0 Å². The van der Waals surface area contributed by atoms with Gasteiger partial charge >= 0.3 is 0 Å². The number of aliphatic hydroxyl groups excluding tert-OH is 2. The summed E-state index contributed by atoms with van der Waals surface area (Å²) < 4.78 is 9.94. The van der Waals surface area contributed by atoms with Gasteiger partial charge in [-0.25, -0.2) is 4.21 Å². The lowest BCUT2D eigenvalue weighted by molar-refractivity contribution is -0.00882. The van der Waals surface area contributed by atoms with Crippen molar-refractivity contribution in [3.63, 3.8) is 0 Å². The molecule has 5 heteroatoms. The molecule has 4 nitrogen and oxygen atoms in total. The predicted molar refractivity (Wildman–Crippen MR) is 38.1 cm³/mol. The van der Waals surface area contributed by atoms with Crippen molar-refractivity contribution in [1.29, 1.82) is 0 Å². The first-order chi connectivity index (χ1) is 4.42. The van der Waals surface area contributed by atoms with E-state index in [0.717, 1.165) is 6.92 Å². The molecular formula is C5H10O4S. The second kappa shape index (κ2) is 3.25. The minimum absolute atomic E-state index is 0.228. The molecule has 2 unspecified atom stereocenters. The van der Waals surface area contributed by atoms with E-state index in [9.17, 15) is 4.21 Å². The molecule has 0 aliphatic rings. The zero-order valence-electron chi connectivity index (χ0n) is 5.74. The first kappa shape index (κ1) is 9.77. The average Bonchev–Trinajstić information content (AvgIpc) is 1.86. The molecule has 0 aromatic rings. The Labute approximate surface area is 62.2 Å². The Kier molecular flexibility index (Phi) is 3.17. The van der Waals surface area contributed by atoms with E-state index in [4.69, 9.17) is 15.3 Å². The zero-order valence-corrected chi connectivity index (χ0v) is 6.55. The fourth-order valence-electron chi connectivity index (χ4n) is 0.263. The molecule has 2 atom stereocenters. The lowest BCUT2D eigenvalue weighted by Gasteiger charge is -2.22. The molecule has 0 spiro atoms. The molecule has 0 radical (unpaired) electrons. The van der Waals surface area contributed by atoms with Crippen LogP contribution in [-0.4, -0.2) is 36.3 Å². The van der Waals surface area contributed by atoms with Gasteiger partial charge in [0.05, 0.1) is 6.10 Å². The summed E-state index contributed by atoms with van der Waals surface area (Å²) in [4.78, 5) is 0. The zero-order chi connectivity index (χ0) is 8.36. The summed E-state index contributed by atoms with van der Waals surface area (Å²) in [5.41, 5.74) is -1.81. The van der Waals surface area contributed by atoms with Gasteiger partial charge in [-0.3, -0.25) is 0 Å². The molecule has 0 bridgehead atoms. The Morgan fingerprint density at radius 3 is 2.20 bits per heavy atom. The largest absolute Gasteiger partial charge is 0.390 e. The molecule has 0 heterocycles. The highest BCUT2D eigenvalue weighted by Crippen LogP contribution is 2.08. The van der Waals surface area contributed by atoms with Crippen LogP contribution in [0.2, 0.25) is 0 Å².